The molecule has 90 valence electrons. The number of hydrogen-bond acceptors (Lipinski definition) is 4. The van der Waals surface area contributed by atoms with Gasteiger partial charge in [-0.25, -0.2) is 8.42 Å². The highest BCUT2D eigenvalue weighted by Crippen LogP contribution is 2.17. The lowest BCUT2D eigenvalue weighted by Crippen LogP contribution is -2.48. The second-order valence-corrected chi connectivity index (χ2v) is 6.72. The van der Waals surface area contributed by atoms with Gasteiger partial charge in [0.05, 0.1) is 0 Å². The Labute approximate surface area is 91.5 Å². The van der Waals surface area contributed by atoms with Gasteiger partial charge < -0.3 is 10.6 Å². The normalized spacial score (nSPS) is 12.6. The number of hydrogen-bond donors (Lipinski definition) is 1. The molecule has 0 radical (unpaired) electrons. The first-order valence-electron chi connectivity index (χ1n) is 4.80. The maximum absolute atomic E-state index is 11.8. The number of carbonyl (C=O) groups excluding carboxylic acids is 1. The van der Waals surface area contributed by atoms with Gasteiger partial charge in [0.1, 0.15) is 4.75 Å². The molecule has 0 unspecified atom stereocenters. The average Bonchev–Trinajstić information content (AvgIpc) is 2.10. The first kappa shape index (κ1) is 14.4. The molecule has 0 aromatic heterocycles. The second-order valence-electron chi connectivity index (χ2n) is 4.15. The Morgan fingerprint density at radius 3 is 2.20 bits per heavy atom. The molecule has 0 fully saturated rings. The van der Waals surface area contributed by atoms with Crippen LogP contribution in [0.2, 0.25) is 0 Å². The molecule has 0 aromatic carbocycles. The molecule has 15 heavy (non-hydrogen) atoms. The van der Waals surface area contributed by atoms with Crippen LogP contribution in [-0.2, 0) is 14.6 Å². The summed E-state index contributed by atoms with van der Waals surface area (Å²) < 4.78 is 21.4. The molecule has 5 nitrogen and oxygen atoms in total. The Balaban J connectivity index is 4.71. The molecule has 0 aliphatic carbocycles. The summed E-state index contributed by atoms with van der Waals surface area (Å²) in [6.07, 6.45) is 1.74. The zero-order chi connectivity index (χ0) is 12.3. The van der Waals surface area contributed by atoms with Crippen LogP contribution in [-0.4, -0.2) is 50.4 Å². The third kappa shape index (κ3) is 3.46. The van der Waals surface area contributed by atoms with Gasteiger partial charge in [-0.1, -0.05) is 0 Å². The van der Waals surface area contributed by atoms with E-state index in [0.717, 1.165) is 6.26 Å². The molecule has 6 heteroatoms. The smallest absolute Gasteiger partial charge is 0.243 e. The summed E-state index contributed by atoms with van der Waals surface area (Å²) >= 11 is 0. The summed E-state index contributed by atoms with van der Waals surface area (Å²) in [4.78, 5) is 13.2. The first-order chi connectivity index (χ1) is 6.64. The van der Waals surface area contributed by atoms with Gasteiger partial charge >= 0.3 is 0 Å². The Morgan fingerprint density at radius 2 is 1.87 bits per heavy atom. The SMILES string of the molecule is CN(CCCN)C(=O)C(C)(C)S(C)(=O)=O. The highest BCUT2D eigenvalue weighted by atomic mass is 32.2. The van der Waals surface area contributed by atoms with Crippen LogP contribution in [0, 0.1) is 0 Å². The number of rotatable bonds is 5. The van der Waals surface area contributed by atoms with E-state index in [0.29, 0.717) is 19.5 Å². The fourth-order valence-electron chi connectivity index (χ4n) is 1.05. The molecule has 0 rings (SSSR count). The highest BCUT2D eigenvalue weighted by molar-refractivity contribution is 7.92. The molecule has 0 heterocycles. The molecule has 0 spiro atoms. The number of nitrogens with two attached hydrogens (primary N) is 1. The molecule has 0 saturated carbocycles. The molecule has 0 saturated heterocycles. The summed E-state index contributed by atoms with van der Waals surface area (Å²) in [6, 6.07) is 0. The van der Waals surface area contributed by atoms with E-state index in [2.05, 4.69) is 0 Å². The number of amides is 1. The molecule has 1 amide bonds. The third-order valence-corrected chi connectivity index (χ3v) is 4.51. The van der Waals surface area contributed by atoms with Crippen LogP contribution in [0.3, 0.4) is 0 Å². The van der Waals surface area contributed by atoms with Crippen molar-refractivity contribution >= 4 is 15.7 Å². The predicted molar refractivity (Wildman–Crippen MR) is 60.2 cm³/mol. The van der Waals surface area contributed by atoms with E-state index in [9.17, 15) is 13.2 Å². The maximum atomic E-state index is 11.8. The minimum Gasteiger partial charge on any atom is -0.344 e. The Bertz CT molecular complexity index is 322. The van der Waals surface area contributed by atoms with Crippen molar-refractivity contribution in [2.45, 2.75) is 25.0 Å². The van der Waals surface area contributed by atoms with Crippen molar-refractivity contribution in [2.75, 3.05) is 26.4 Å². The van der Waals surface area contributed by atoms with E-state index in [-0.39, 0.29) is 0 Å². The molecule has 0 atom stereocenters. The van der Waals surface area contributed by atoms with E-state index in [1.807, 2.05) is 0 Å². The number of sulfone groups is 1. The van der Waals surface area contributed by atoms with Crippen molar-refractivity contribution in [1.82, 2.24) is 4.90 Å². The minimum atomic E-state index is -3.39. The van der Waals surface area contributed by atoms with Crippen molar-refractivity contribution in [3.63, 3.8) is 0 Å². The van der Waals surface area contributed by atoms with Crippen LogP contribution in [0.4, 0.5) is 0 Å². The van der Waals surface area contributed by atoms with E-state index in [1.165, 1.54) is 18.7 Å². The van der Waals surface area contributed by atoms with Gasteiger partial charge in [-0.15, -0.1) is 0 Å². The predicted octanol–water partition coefficient (Wildman–Crippen LogP) is -0.383. The summed E-state index contributed by atoms with van der Waals surface area (Å²) in [5.74, 6) is -0.390. The molecule has 0 aromatic rings. The van der Waals surface area contributed by atoms with Crippen LogP contribution in [0.15, 0.2) is 0 Å². The summed E-state index contributed by atoms with van der Waals surface area (Å²) in [5, 5.41) is 0. The lowest BCUT2D eigenvalue weighted by molar-refractivity contribution is -0.131. The standard InChI is InChI=1S/C9H20N2O3S/c1-9(2,15(4,13)14)8(12)11(3)7-5-6-10/h5-7,10H2,1-4H3. The largest absolute Gasteiger partial charge is 0.344 e. The Kier molecular flexibility index (Phi) is 4.73. The topological polar surface area (TPSA) is 80.5 Å². The van der Waals surface area contributed by atoms with Crippen molar-refractivity contribution < 1.29 is 13.2 Å². The fraction of sp³-hybridized carbons (Fsp3) is 0.889. The quantitative estimate of drug-likeness (QED) is 0.705. The van der Waals surface area contributed by atoms with Gasteiger partial charge in [-0.2, -0.15) is 0 Å². The summed E-state index contributed by atoms with van der Waals surface area (Å²) in [6.45, 7) is 3.80. The van der Waals surface area contributed by atoms with Gasteiger partial charge in [-0.05, 0) is 26.8 Å². The second kappa shape index (κ2) is 4.94. The van der Waals surface area contributed by atoms with Crippen LogP contribution < -0.4 is 5.73 Å². The number of carbonyl (C=O) groups is 1. The third-order valence-electron chi connectivity index (χ3n) is 2.49. The molecule has 0 aliphatic heterocycles. The minimum absolute atomic E-state index is 0.390. The Morgan fingerprint density at radius 1 is 1.40 bits per heavy atom. The van der Waals surface area contributed by atoms with Crippen molar-refractivity contribution in [2.24, 2.45) is 5.73 Å². The van der Waals surface area contributed by atoms with Gasteiger partial charge in [0.2, 0.25) is 5.91 Å². The van der Waals surface area contributed by atoms with Gasteiger partial charge in [0.25, 0.3) is 0 Å². The number of nitrogens with zero attached hydrogens (tertiary/aromatic N) is 1. The monoisotopic (exact) mass is 236 g/mol. The van der Waals surface area contributed by atoms with E-state index in [4.69, 9.17) is 5.73 Å². The van der Waals surface area contributed by atoms with Crippen molar-refractivity contribution in [3.05, 3.63) is 0 Å². The van der Waals surface area contributed by atoms with Crippen molar-refractivity contribution in [3.8, 4) is 0 Å². The highest BCUT2D eigenvalue weighted by Gasteiger charge is 2.40. The zero-order valence-corrected chi connectivity index (χ0v) is 10.6. The van der Waals surface area contributed by atoms with Crippen LogP contribution >= 0.6 is 0 Å². The molecule has 2 N–H and O–H groups in total. The zero-order valence-electron chi connectivity index (χ0n) is 9.78. The first-order valence-corrected chi connectivity index (χ1v) is 6.69. The van der Waals surface area contributed by atoms with Gasteiger partial charge in [0.15, 0.2) is 9.84 Å². The van der Waals surface area contributed by atoms with Crippen LogP contribution in [0.1, 0.15) is 20.3 Å². The van der Waals surface area contributed by atoms with E-state index in [1.54, 1.807) is 7.05 Å². The summed E-state index contributed by atoms with van der Waals surface area (Å²) in [5.41, 5.74) is 5.32. The lowest BCUT2D eigenvalue weighted by atomic mass is 10.2. The molecule has 0 aliphatic rings. The Hall–Kier alpha value is -0.620. The van der Waals surface area contributed by atoms with E-state index < -0.39 is 20.5 Å². The van der Waals surface area contributed by atoms with Crippen LogP contribution in [0.25, 0.3) is 0 Å². The summed E-state index contributed by atoms with van der Waals surface area (Å²) in [7, 11) is -1.81. The molecular formula is C9H20N2O3S. The maximum Gasteiger partial charge on any atom is 0.243 e. The molecular weight excluding hydrogens is 216 g/mol. The average molecular weight is 236 g/mol. The fourth-order valence-corrected chi connectivity index (χ4v) is 1.52. The van der Waals surface area contributed by atoms with Gasteiger partial charge in [-0.3, -0.25) is 4.79 Å². The van der Waals surface area contributed by atoms with Crippen LogP contribution in [0.5, 0.6) is 0 Å². The van der Waals surface area contributed by atoms with Gasteiger partial charge in [0, 0.05) is 19.8 Å². The molecule has 0 bridgehead atoms. The van der Waals surface area contributed by atoms with E-state index >= 15 is 0 Å². The lowest BCUT2D eigenvalue weighted by Gasteiger charge is -2.27. The van der Waals surface area contributed by atoms with Crippen molar-refractivity contribution in [1.29, 1.82) is 0 Å².